The molecule has 0 atom stereocenters. The van der Waals surface area contributed by atoms with Crippen LogP contribution in [0.1, 0.15) is 21.5 Å². The van der Waals surface area contributed by atoms with E-state index in [1.807, 2.05) is 6.92 Å². The fraction of sp³-hybridized carbons (Fsp3) is 0.133. The summed E-state index contributed by atoms with van der Waals surface area (Å²) in [7, 11) is 0. The number of ether oxygens (including phenoxy) is 1. The van der Waals surface area contributed by atoms with Crippen LogP contribution in [-0.4, -0.2) is 11.2 Å². The molecule has 5 heteroatoms. The lowest BCUT2D eigenvalue weighted by atomic mass is 10.1. The largest absolute Gasteiger partial charge is 0.450 e. The van der Waals surface area contributed by atoms with Crippen molar-refractivity contribution in [2.45, 2.75) is 13.8 Å². The summed E-state index contributed by atoms with van der Waals surface area (Å²) < 4.78 is 5.62. The highest BCUT2D eigenvalue weighted by Gasteiger charge is 2.16. The third kappa shape index (κ3) is 2.83. The van der Waals surface area contributed by atoms with Crippen LogP contribution in [0.5, 0.6) is 11.5 Å². The van der Waals surface area contributed by atoms with Gasteiger partial charge < -0.3 is 4.74 Å². The molecule has 0 fully saturated rings. The number of aldehydes is 1. The minimum absolute atomic E-state index is 0.0885. The molecule has 0 aliphatic carbocycles. The molecule has 0 heterocycles. The lowest BCUT2D eigenvalue weighted by Crippen LogP contribution is -1.95. The van der Waals surface area contributed by atoms with Gasteiger partial charge >= 0.3 is 5.69 Å². The van der Waals surface area contributed by atoms with E-state index in [2.05, 4.69) is 0 Å². The van der Waals surface area contributed by atoms with Gasteiger partial charge in [-0.3, -0.25) is 14.9 Å². The van der Waals surface area contributed by atoms with Gasteiger partial charge in [0.05, 0.1) is 4.92 Å². The van der Waals surface area contributed by atoms with Gasteiger partial charge in [-0.05, 0) is 49.2 Å². The first-order valence-electron chi connectivity index (χ1n) is 6.00. The van der Waals surface area contributed by atoms with Gasteiger partial charge in [-0.15, -0.1) is 0 Å². The van der Waals surface area contributed by atoms with Gasteiger partial charge in [0, 0.05) is 11.6 Å². The zero-order valence-electron chi connectivity index (χ0n) is 11.1. The highest BCUT2D eigenvalue weighted by molar-refractivity contribution is 5.75. The van der Waals surface area contributed by atoms with Crippen molar-refractivity contribution in [1.82, 2.24) is 0 Å². The van der Waals surface area contributed by atoms with Gasteiger partial charge in [0.25, 0.3) is 0 Å². The van der Waals surface area contributed by atoms with E-state index >= 15 is 0 Å². The minimum Gasteiger partial charge on any atom is -0.450 e. The summed E-state index contributed by atoms with van der Waals surface area (Å²) >= 11 is 0. The Bertz CT molecular complexity index is 680. The molecule has 0 aromatic heterocycles. The van der Waals surface area contributed by atoms with Crippen molar-refractivity contribution < 1.29 is 14.5 Å². The second-order valence-electron chi connectivity index (χ2n) is 4.47. The maximum atomic E-state index is 11.0. The smallest absolute Gasteiger partial charge is 0.311 e. The number of benzene rings is 2. The predicted octanol–water partition coefficient (Wildman–Crippen LogP) is 3.82. The van der Waals surface area contributed by atoms with Crippen molar-refractivity contribution in [3.63, 3.8) is 0 Å². The number of aryl methyl sites for hydroxylation is 2. The lowest BCUT2D eigenvalue weighted by molar-refractivity contribution is -0.385. The molecule has 102 valence electrons. The van der Waals surface area contributed by atoms with E-state index in [9.17, 15) is 14.9 Å². The van der Waals surface area contributed by atoms with Crippen molar-refractivity contribution in [3.8, 4) is 11.5 Å². The molecule has 2 aromatic rings. The summed E-state index contributed by atoms with van der Waals surface area (Å²) in [6.45, 7) is 3.61. The molecule has 5 nitrogen and oxygen atoms in total. The molecule has 0 unspecified atom stereocenters. The second kappa shape index (κ2) is 5.52. The highest BCUT2D eigenvalue weighted by Crippen LogP contribution is 2.33. The van der Waals surface area contributed by atoms with Crippen LogP contribution in [0, 0.1) is 24.0 Å². The first-order valence-corrected chi connectivity index (χ1v) is 6.00. The van der Waals surface area contributed by atoms with E-state index in [0.717, 1.165) is 17.4 Å². The maximum absolute atomic E-state index is 11.0. The molecule has 2 rings (SSSR count). The Hall–Kier alpha value is -2.69. The zero-order chi connectivity index (χ0) is 14.7. The molecule has 0 N–H and O–H groups in total. The molecular weight excluding hydrogens is 258 g/mol. The molecule has 0 aliphatic heterocycles. The fourth-order valence-corrected chi connectivity index (χ4v) is 1.83. The Morgan fingerprint density at radius 1 is 1.10 bits per heavy atom. The van der Waals surface area contributed by atoms with Crippen molar-refractivity contribution in [1.29, 1.82) is 0 Å². The molecule has 0 amide bonds. The fourth-order valence-electron chi connectivity index (χ4n) is 1.83. The van der Waals surface area contributed by atoms with Crippen LogP contribution in [-0.2, 0) is 0 Å². The van der Waals surface area contributed by atoms with E-state index in [4.69, 9.17) is 4.74 Å². The first-order chi connectivity index (χ1) is 9.51. The average Bonchev–Trinajstić information content (AvgIpc) is 2.40. The predicted molar refractivity (Wildman–Crippen MR) is 74.5 cm³/mol. The van der Waals surface area contributed by atoms with Crippen molar-refractivity contribution >= 4 is 12.0 Å². The van der Waals surface area contributed by atoms with Crippen LogP contribution in [0.4, 0.5) is 5.69 Å². The van der Waals surface area contributed by atoms with Crippen LogP contribution >= 0.6 is 0 Å². The minimum atomic E-state index is -0.482. The van der Waals surface area contributed by atoms with Gasteiger partial charge in [-0.1, -0.05) is 6.07 Å². The number of carbonyl (C=O) groups excluding carboxylic acids is 1. The standard InChI is InChI=1S/C15H13NO4/c1-10-3-5-13(16(18)19)15(7-10)20-14-6-4-12(9-17)8-11(14)2/h3-9H,1-2H3. The molecule has 0 saturated heterocycles. The van der Waals surface area contributed by atoms with E-state index in [0.29, 0.717) is 11.3 Å². The third-order valence-electron chi connectivity index (χ3n) is 2.87. The summed E-state index contributed by atoms with van der Waals surface area (Å²) in [5.74, 6) is 0.682. The third-order valence-corrected chi connectivity index (χ3v) is 2.87. The normalized spacial score (nSPS) is 10.1. The van der Waals surface area contributed by atoms with Crippen LogP contribution in [0.15, 0.2) is 36.4 Å². The Balaban J connectivity index is 2.41. The van der Waals surface area contributed by atoms with Gasteiger partial charge in [0.2, 0.25) is 5.75 Å². The molecule has 0 spiro atoms. The Labute approximate surface area is 116 Å². The molecule has 0 bridgehead atoms. The number of nitro benzene ring substituents is 1. The van der Waals surface area contributed by atoms with E-state index in [1.54, 1.807) is 37.3 Å². The van der Waals surface area contributed by atoms with Crippen molar-refractivity contribution in [2.75, 3.05) is 0 Å². The maximum Gasteiger partial charge on any atom is 0.311 e. The highest BCUT2D eigenvalue weighted by atomic mass is 16.6. The number of nitrogens with zero attached hydrogens (tertiary/aromatic N) is 1. The quantitative estimate of drug-likeness (QED) is 0.481. The SMILES string of the molecule is Cc1ccc([N+](=O)[O-])c(Oc2ccc(C=O)cc2C)c1. The zero-order valence-corrected chi connectivity index (χ0v) is 11.1. The van der Waals surface area contributed by atoms with Crippen LogP contribution < -0.4 is 4.74 Å². The summed E-state index contributed by atoms with van der Waals surface area (Å²) in [5, 5.41) is 11.0. The van der Waals surface area contributed by atoms with Crippen LogP contribution in [0.3, 0.4) is 0 Å². The van der Waals surface area contributed by atoms with Crippen LogP contribution in [0.2, 0.25) is 0 Å². The average molecular weight is 271 g/mol. The van der Waals surface area contributed by atoms with Gasteiger partial charge in [0.15, 0.2) is 0 Å². The number of hydrogen-bond donors (Lipinski definition) is 0. The molecule has 0 radical (unpaired) electrons. The van der Waals surface area contributed by atoms with Crippen LogP contribution in [0.25, 0.3) is 0 Å². The number of rotatable bonds is 4. The van der Waals surface area contributed by atoms with Crippen molar-refractivity contribution in [2.24, 2.45) is 0 Å². The van der Waals surface area contributed by atoms with Gasteiger partial charge in [0.1, 0.15) is 12.0 Å². The second-order valence-corrected chi connectivity index (χ2v) is 4.47. The summed E-state index contributed by atoms with van der Waals surface area (Å²) in [5.41, 5.74) is 2.06. The molecule has 2 aromatic carbocycles. The van der Waals surface area contributed by atoms with E-state index < -0.39 is 4.92 Å². The summed E-state index contributed by atoms with van der Waals surface area (Å²) in [4.78, 5) is 21.2. The molecule has 20 heavy (non-hydrogen) atoms. The first kappa shape index (κ1) is 13.7. The van der Waals surface area contributed by atoms with Gasteiger partial charge in [-0.2, -0.15) is 0 Å². The van der Waals surface area contributed by atoms with E-state index in [1.165, 1.54) is 6.07 Å². The lowest BCUT2D eigenvalue weighted by Gasteiger charge is -2.10. The van der Waals surface area contributed by atoms with E-state index in [-0.39, 0.29) is 11.4 Å². The Kier molecular flexibility index (Phi) is 3.79. The summed E-state index contributed by atoms with van der Waals surface area (Å²) in [6.07, 6.45) is 0.742. The Morgan fingerprint density at radius 3 is 2.45 bits per heavy atom. The van der Waals surface area contributed by atoms with Crippen molar-refractivity contribution in [3.05, 3.63) is 63.2 Å². The van der Waals surface area contributed by atoms with Gasteiger partial charge in [-0.25, -0.2) is 0 Å². The topological polar surface area (TPSA) is 69.4 Å². The molecule has 0 saturated carbocycles. The molecule has 0 aliphatic rings. The number of nitro groups is 1. The monoisotopic (exact) mass is 271 g/mol. The Morgan fingerprint density at radius 2 is 1.85 bits per heavy atom. The molecular formula is C15H13NO4. The number of hydrogen-bond acceptors (Lipinski definition) is 4. The summed E-state index contributed by atoms with van der Waals surface area (Å²) in [6, 6.07) is 9.60. The number of carbonyl (C=O) groups is 1.